The number of methoxy groups -OCH3 is 1. The molecule has 0 aromatic heterocycles. The molecule has 1 fully saturated rings. The van der Waals surface area contributed by atoms with Gasteiger partial charge in [-0.15, -0.1) is 0 Å². The lowest BCUT2D eigenvalue weighted by molar-refractivity contribution is -0.144. The highest BCUT2D eigenvalue weighted by atomic mass is 32.2. The highest BCUT2D eigenvalue weighted by molar-refractivity contribution is 7.91. The van der Waals surface area contributed by atoms with Crippen molar-refractivity contribution >= 4 is 15.8 Å². The van der Waals surface area contributed by atoms with Crippen LogP contribution in [0.5, 0.6) is 0 Å². The molecule has 1 N–H and O–H groups in total. The van der Waals surface area contributed by atoms with Crippen LogP contribution in [0.15, 0.2) is 0 Å². The quantitative estimate of drug-likeness (QED) is 0.684. The van der Waals surface area contributed by atoms with E-state index in [1.165, 1.54) is 7.11 Å². The van der Waals surface area contributed by atoms with Gasteiger partial charge < -0.3 is 10.1 Å². The van der Waals surface area contributed by atoms with Crippen molar-refractivity contribution in [2.45, 2.75) is 13.3 Å². The van der Waals surface area contributed by atoms with Crippen LogP contribution in [0.1, 0.15) is 13.3 Å². The first-order valence-electron chi connectivity index (χ1n) is 5.43. The van der Waals surface area contributed by atoms with Crippen LogP contribution in [0, 0.1) is 11.8 Å². The smallest absolute Gasteiger partial charge is 0.309 e. The van der Waals surface area contributed by atoms with Gasteiger partial charge in [0.05, 0.1) is 24.5 Å². The van der Waals surface area contributed by atoms with Crippen LogP contribution in [0.3, 0.4) is 0 Å². The van der Waals surface area contributed by atoms with Gasteiger partial charge in [0.1, 0.15) is 0 Å². The van der Waals surface area contributed by atoms with Gasteiger partial charge in [-0.3, -0.25) is 4.79 Å². The Morgan fingerprint density at radius 1 is 1.56 bits per heavy atom. The highest BCUT2D eigenvalue weighted by Gasteiger charge is 2.27. The third-order valence-electron chi connectivity index (χ3n) is 2.81. The van der Waals surface area contributed by atoms with Crippen LogP contribution in [0.25, 0.3) is 0 Å². The van der Waals surface area contributed by atoms with Gasteiger partial charge in [-0.05, 0) is 18.9 Å². The van der Waals surface area contributed by atoms with E-state index < -0.39 is 9.84 Å². The summed E-state index contributed by atoms with van der Waals surface area (Å²) in [4.78, 5) is 11.1. The summed E-state index contributed by atoms with van der Waals surface area (Å²) in [5.74, 6) is 0.322. The van der Waals surface area contributed by atoms with E-state index in [1.807, 2.05) is 0 Å². The molecule has 0 aromatic rings. The normalized spacial score (nSPS) is 25.2. The maximum absolute atomic E-state index is 11.2. The molecule has 0 aromatic carbocycles. The van der Waals surface area contributed by atoms with Gasteiger partial charge in [0.2, 0.25) is 0 Å². The molecule has 0 radical (unpaired) electrons. The molecule has 1 aliphatic heterocycles. The van der Waals surface area contributed by atoms with Gasteiger partial charge in [0.25, 0.3) is 0 Å². The van der Waals surface area contributed by atoms with Gasteiger partial charge in [-0.25, -0.2) is 8.42 Å². The van der Waals surface area contributed by atoms with Crippen LogP contribution in [-0.4, -0.2) is 46.1 Å². The Kier molecular flexibility index (Phi) is 4.73. The molecule has 6 heteroatoms. The predicted molar refractivity (Wildman–Crippen MR) is 60.8 cm³/mol. The zero-order chi connectivity index (χ0) is 12.2. The van der Waals surface area contributed by atoms with Crippen LogP contribution < -0.4 is 5.32 Å². The maximum Gasteiger partial charge on any atom is 0.309 e. The largest absolute Gasteiger partial charge is 0.469 e. The molecule has 0 saturated carbocycles. The number of esters is 1. The summed E-state index contributed by atoms with van der Waals surface area (Å²) in [6.45, 7) is 2.97. The fourth-order valence-corrected chi connectivity index (χ4v) is 3.68. The van der Waals surface area contributed by atoms with E-state index >= 15 is 0 Å². The monoisotopic (exact) mass is 249 g/mol. The molecule has 2 unspecified atom stereocenters. The van der Waals surface area contributed by atoms with Crippen LogP contribution in [-0.2, 0) is 19.4 Å². The van der Waals surface area contributed by atoms with E-state index in [4.69, 9.17) is 0 Å². The Balaban J connectivity index is 2.19. The summed E-state index contributed by atoms with van der Waals surface area (Å²) < 4.78 is 27.0. The fraction of sp³-hybridized carbons (Fsp3) is 0.900. The Morgan fingerprint density at radius 3 is 2.75 bits per heavy atom. The second-order valence-corrected chi connectivity index (χ2v) is 6.58. The number of nitrogens with one attached hydrogen (secondary N) is 1. The summed E-state index contributed by atoms with van der Waals surface area (Å²) in [5, 5.41) is 3.11. The first kappa shape index (κ1) is 13.4. The van der Waals surface area contributed by atoms with E-state index in [0.29, 0.717) is 18.8 Å². The lowest BCUT2D eigenvalue weighted by atomic mass is 10.1. The summed E-state index contributed by atoms with van der Waals surface area (Å²) in [5.41, 5.74) is 0. The standard InChI is InChI=1S/C10H19NO4S/c1-8(10(12)15-2)5-11-6-9-3-4-16(13,14)7-9/h8-9,11H,3-7H2,1-2H3. The molecule has 1 aliphatic rings. The molecule has 16 heavy (non-hydrogen) atoms. The van der Waals surface area contributed by atoms with E-state index in [9.17, 15) is 13.2 Å². The topological polar surface area (TPSA) is 72.5 Å². The number of sulfone groups is 1. The van der Waals surface area contributed by atoms with Crippen molar-refractivity contribution in [1.82, 2.24) is 5.32 Å². The lowest BCUT2D eigenvalue weighted by Crippen LogP contribution is -2.31. The molecule has 0 aliphatic carbocycles. The summed E-state index contributed by atoms with van der Waals surface area (Å²) in [6.07, 6.45) is 0.724. The molecule has 1 heterocycles. The number of carbonyl (C=O) groups is 1. The summed E-state index contributed by atoms with van der Waals surface area (Å²) in [6, 6.07) is 0. The number of ether oxygens (including phenoxy) is 1. The molecule has 1 rings (SSSR count). The van der Waals surface area contributed by atoms with Crippen molar-refractivity contribution in [2.75, 3.05) is 31.7 Å². The predicted octanol–water partition coefficient (Wildman–Crippen LogP) is -0.180. The molecule has 1 saturated heterocycles. The molecular weight excluding hydrogens is 230 g/mol. The Hall–Kier alpha value is -0.620. The average molecular weight is 249 g/mol. The van der Waals surface area contributed by atoms with Crippen molar-refractivity contribution in [3.05, 3.63) is 0 Å². The third kappa shape index (κ3) is 4.09. The maximum atomic E-state index is 11.2. The second kappa shape index (κ2) is 5.63. The Labute approximate surface area is 96.5 Å². The van der Waals surface area contributed by atoms with Crippen molar-refractivity contribution < 1.29 is 17.9 Å². The lowest BCUT2D eigenvalue weighted by Gasteiger charge is -2.12. The molecule has 2 atom stereocenters. The first-order valence-corrected chi connectivity index (χ1v) is 7.25. The van der Waals surface area contributed by atoms with Gasteiger partial charge in [-0.1, -0.05) is 6.92 Å². The average Bonchev–Trinajstić information content (AvgIpc) is 2.57. The molecule has 0 spiro atoms. The van der Waals surface area contributed by atoms with E-state index in [-0.39, 0.29) is 23.6 Å². The molecular formula is C10H19NO4S. The molecule has 94 valence electrons. The minimum atomic E-state index is -2.80. The number of hydrogen-bond donors (Lipinski definition) is 1. The number of rotatable bonds is 5. The number of hydrogen-bond acceptors (Lipinski definition) is 5. The SMILES string of the molecule is COC(=O)C(C)CNCC1CCS(=O)(=O)C1. The Morgan fingerprint density at radius 2 is 2.25 bits per heavy atom. The molecule has 5 nitrogen and oxygen atoms in total. The zero-order valence-corrected chi connectivity index (χ0v) is 10.5. The fourth-order valence-electron chi connectivity index (χ4n) is 1.82. The van der Waals surface area contributed by atoms with Crippen LogP contribution in [0.2, 0.25) is 0 Å². The van der Waals surface area contributed by atoms with Gasteiger partial charge in [0.15, 0.2) is 9.84 Å². The minimum absolute atomic E-state index is 0.190. The van der Waals surface area contributed by atoms with Gasteiger partial charge in [-0.2, -0.15) is 0 Å². The number of carbonyl (C=O) groups excluding carboxylic acids is 1. The van der Waals surface area contributed by atoms with E-state index in [2.05, 4.69) is 10.1 Å². The van der Waals surface area contributed by atoms with Crippen molar-refractivity contribution in [3.63, 3.8) is 0 Å². The molecule has 0 amide bonds. The Bertz CT molecular complexity index is 339. The summed E-state index contributed by atoms with van der Waals surface area (Å²) in [7, 11) is -1.44. The van der Waals surface area contributed by atoms with Gasteiger partial charge in [0, 0.05) is 6.54 Å². The highest BCUT2D eigenvalue weighted by Crippen LogP contribution is 2.17. The zero-order valence-electron chi connectivity index (χ0n) is 9.73. The first-order chi connectivity index (χ1) is 7.44. The van der Waals surface area contributed by atoms with Crippen molar-refractivity contribution in [1.29, 1.82) is 0 Å². The van der Waals surface area contributed by atoms with Crippen LogP contribution in [0.4, 0.5) is 0 Å². The molecule has 0 bridgehead atoms. The van der Waals surface area contributed by atoms with Crippen molar-refractivity contribution in [2.24, 2.45) is 11.8 Å². The minimum Gasteiger partial charge on any atom is -0.469 e. The van der Waals surface area contributed by atoms with E-state index in [1.54, 1.807) is 6.92 Å². The van der Waals surface area contributed by atoms with Crippen molar-refractivity contribution in [3.8, 4) is 0 Å². The summed E-state index contributed by atoms with van der Waals surface area (Å²) >= 11 is 0. The second-order valence-electron chi connectivity index (χ2n) is 4.35. The third-order valence-corrected chi connectivity index (χ3v) is 4.65. The van der Waals surface area contributed by atoms with Gasteiger partial charge >= 0.3 is 5.97 Å². The van der Waals surface area contributed by atoms with Crippen LogP contribution >= 0.6 is 0 Å². The van der Waals surface area contributed by atoms with E-state index in [0.717, 1.165) is 6.42 Å².